The van der Waals surface area contributed by atoms with Gasteiger partial charge < -0.3 is 10.0 Å². The Hall–Kier alpha value is -2.63. The van der Waals surface area contributed by atoms with E-state index in [-0.39, 0.29) is 11.6 Å². The molecule has 0 spiro atoms. The number of nitrogens with zero attached hydrogens (tertiary/aromatic N) is 4. The van der Waals surface area contributed by atoms with Crippen molar-refractivity contribution in [1.82, 2.24) is 15.0 Å². The van der Waals surface area contributed by atoms with Gasteiger partial charge in [-0.05, 0) is 37.1 Å². The fourth-order valence-corrected chi connectivity index (χ4v) is 3.57. The minimum absolute atomic E-state index is 0.112. The highest BCUT2D eigenvalue weighted by atomic mass is 19.1. The molecule has 1 fully saturated rings. The Labute approximate surface area is 145 Å². The molecular formula is C19H21FN4O. The summed E-state index contributed by atoms with van der Waals surface area (Å²) in [6.07, 6.45) is 6.22. The van der Waals surface area contributed by atoms with E-state index in [1.807, 2.05) is 6.07 Å². The Morgan fingerprint density at radius 1 is 1.04 bits per heavy atom. The zero-order valence-electron chi connectivity index (χ0n) is 14.2. The van der Waals surface area contributed by atoms with E-state index < -0.39 is 0 Å². The molecule has 1 heterocycles. The number of halogens is 1. The second-order valence-corrected chi connectivity index (χ2v) is 6.70. The average Bonchev–Trinajstić information content (AvgIpc) is 3.04. The molecule has 130 valence electrons. The first-order valence-corrected chi connectivity index (χ1v) is 8.70. The molecule has 1 aliphatic rings. The molecule has 6 heteroatoms. The maximum Gasteiger partial charge on any atom is 0.145 e. The van der Waals surface area contributed by atoms with Crippen molar-refractivity contribution in [3.8, 4) is 11.4 Å². The number of rotatable bonds is 3. The number of hydrogen-bond acceptors (Lipinski definition) is 4. The third kappa shape index (κ3) is 3.04. The minimum atomic E-state index is -0.353. The van der Waals surface area contributed by atoms with E-state index in [2.05, 4.69) is 22.1 Å². The molecule has 0 aliphatic heterocycles. The molecule has 0 unspecified atom stereocenters. The summed E-state index contributed by atoms with van der Waals surface area (Å²) in [6, 6.07) is 10.3. The molecular weight excluding hydrogens is 319 g/mol. The van der Waals surface area contributed by atoms with Crippen LogP contribution in [0.4, 0.5) is 10.1 Å². The zero-order chi connectivity index (χ0) is 17.4. The third-order valence-corrected chi connectivity index (χ3v) is 5.05. The second kappa shape index (κ2) is 6.35. The molecule has 1 aromatic heterocycles. The summed E-state index contributed by atoms with van der Waals surface area (Å²) in [5.74, 6) is -0.242. The van der Waals surface area contributed by atoms with Crippen molar-refractivity contribution in [1.29, 1.82) is 0 Å². The molecule has 2 aromatic carbocycles. The van der Waals surface area contributed by atoms with Crippen LogP contribution in [0.2, 0.25) is 0 Å². The van der Waals surface area contributed by atoms with Crippen molar-refractivity contribution >= 4 is 16.7 Å². The van der Waals surface area contributed by atoms with Crippen LogP contribution in [-0.4, -0.2) is 33.2 Å². The van der Waals surface area contributed by atoms with Crippen LogP contribution in [-0.2, 0) is 0 Å². The van der Waals surface area contributed by atoms with Crippen LogP contribution in [0.1, 0.15) is 32.1 Å². The van der Waals surface area contributed by atoms with Crippen molar-refractivity contribution < 1.29 is 9.50 Å². The molecule has 0 atom stereocenters. The summed E-state index contributed by atoms with van der Waals surface area (Å²) in [4.78, 5) is 3.59. The van der Waals surface area contributed by atoms with Crippen LogP contribution in [0.3, 0.4) is 0 Å². The number of aromatic nitrogens is 3. The van der Waals surface area contributed by atoms with Gasteiger partial charge in [0.2, 0.25) is 0 Å². The fraction of sp³-hybridized carbons (Fsp3) is 0.368. The van der Waals surface area contributed by atoms with Gasteiger partial charge in [0.1, 0.15) is 28.3 Å². The lowest BCUT2D eigenvalue weighted by Crippen LogP contribution is -2.33. The van der Waals surface area contributed by atoms with E-state index in [0.29, 0.717) is 22.8 Å². The van der Waals surface area contributed by atoms with Gasteiger partial charge in [0.05, 0.1) is 0 Å². The number of benzene rings is 2. The molecule has 3 aromatic rings. The monoisotopic (exact) mass is 340 g/mol. The van der Waals surface area contributed by atoms with Gasteiger partial charge in [-0.2, -0.15) is 0 Å². The maximum absolute atomic E-state index is 13.3. The molecule has 0 saturated heterocycles. The molecule has 25 heavy (non-hydrogen) atoms. The number of anilines is 1. The summed E-state index contributed by atoms with van der Waals surface area (Å²) in [6.45, 7) is 0. The average molecular weight is 340 g/mol. The maximum atomic E-state index is 13.3. The second-order valence-electron chi connectivity index (χ2n) is 6.70. The first-order chi connectivity index (χ1) is 12.1. The molecule has 0 bridgehead atoms. The predicted molar refractivity (Wildman–Crippen MR) is 95.8 cm³/mol. The van der Waals surface area contributed by atoms with Gasteiger partial charge >= 0.3 is 0 Å². The lowest BCUT2D eigenvalue weighted by Gasteiger charge is -2.33. The molecule has 1 N–H and O–H groups in total. The lowest BCUT2D eigenvalue weighted by molar-refractivity contribution is 0.426. The Bertz CT molecular complexity index is 902. The molecule has 1 aliphatic carbocycles. The number of fused-ring (bicyclic) bond motifs is 1. The smallest absolute Gasteiger partial charge is 0.145 e. The molecule has 1 saturated carbocycles. The highest BCUT2D eigenvalue weighted by Gasteiger charge is 2.19. The first kappa shape index (κ1) is 15.9. The van der Waals surface area contributed by atoms with E-state index >= 15 is 0 Å². The van der Waals surface area contributed by atoms with E-state index in [4.69, 9.17) is 0 Å². The van der Waals surface area contributed by atoms with Crippen LogP contribution in [0.25, 0.3) is 16.7 Å². The quantitative estimate of drug-likeness (QED) is 0.782. The predicted octanol–water partition coefficient (Wildman–Crippen LogP) is 4.03. The number of phenols is 1. The van der Waals surface area contributed by atoms with Gasteiger partial charge in [-0.3, -0.25) is 0 Å². The molecule has 5 nitrogen and oxygen atoms in total. The van der Waals surface area contributed by atoms with Crippen LogP contribution in [0.5, 0.6) is 5.75 Å². The van der Waals surface area contributed by atoms with Crippen molar-refractivity contribution in [2.45, 2.75) is 38.1 Å². The zero-order valence-corrected chi connectivity index (χ0v) is 14.2. The SMILES string of the molecule is CN(c1ccc(-n2nc3ccc(F)cc3n2)c(O)c1)C1CCCCC1. The van der Waals surface area contributed by atoms with Gasteiger partial charge in [0.15, 0.2) is 0 Å². The van der Waals surface area contributed by atoms with Crippen molar-refractivity contribution in [2.75, 3.05) is 11.9 Å². The Morgan fingerprint density at radius 2 is 1.80 bits per heavy atom. The number of phenolic OH excluding ortho intramolecular Hbond substituents is 1. The van der Waals surface area contributed by atoms with Gasteiger partial charge in [0, 0.05) is 30.9 Å². The van der Waals surface area contributed by atoms with Crippen LogP contribution in [0, 0.1) is 5.82 Å². The van der Waals surface area contributed by atoms with Crippen LogP contribution in [0.15, 0.2) is 36.4 Å². The summed E-state index contributed by atoms with van der Waals surface area (Å²) in [5.41, 5.74) is 2.51. The number of hydrogen-bond donors (Lipinski definition) is 1. The van der Waals surface area contributed by atoms with Gasteiger partial charge in [-0.15, -0.1) is 15.0 Å². The topological polar surface area (TPSA) is 54.2 Å². The lowest BCUT2D eigenvalue weighted by atomic mass is 9.94. The van der Waals surface area contributed by atoms with Crippen LogP contribution >= 0.6 is 0 Å². The normalized spacial score (nSPS) is 15.6. The van der Waals surface area contributed by atoms with Gasteiger partial charge in [-0.25, -0.2) is 4.39 Å². The van der Waals surface area contributed by atoms with Gasteiger partial charge in [-0.1, -0.05) is 19.3 Å². The summed E-state index contributed by atoms with van der Waals surface area (Å²) < 4.78 is 13.3. The first-order valence-electron chi connectivity index (χ1n) is 8.70. The highest BCUT2D eigenvalue weighted by Crippen LogP contribution is 2.31. The Kier molecular flexibility index (Phi) is 4.03. The molecule has 0 radical (unpaired) electrons. The van der Waals surface area contributed by atoms with Crippen LogP contribution < -0.4 is 4.90 Å². The van der Waals surface area contributed by atoms with E-state index in [1.165, 1.54) is 49.0 Å². The van der Waals surface area contributed by atoms with Crippen molar-refractivity contribution in [3.05, 3.63) is 42.2 Å². The largest absolute Gasteiger partial charge is 0.506 e. The van der Waals surface area contributed by atoms with E-state index in [9.17, 15) is 9.50 Å². The minimum Gasteiger partial charge on any atom is -0.506 e. The van der Waals surface area contributed by atoms with Gasteiger partial charge in [0.25, 0.3) is 0 Å². The van der Waals surface area contributed by atoms with Crippen molar-refractivity contribution in [2.24, 2.45) is 0 Å². The fourth-order valence-electron chi connectivity index (χ4n) is 3.57. The van der Waals surface area contributed by atoms with Crippen molar-refractivity contribution in [3.63, 3.8) is 0 Å². The molecule has 0 amide bonds. The highest BCUT2D eigenvalue weighted by molar-refractivity contribution is 5.74. The summed E-state index contributed by atoms with van der Waals surface area (Å²) >= 11 is 0. The summed E-state index contributed by atoms with van der Waals surface area (Å²) in [5, 5.41) is 19.0. The van der Waals surface area contributed by atoms with E-state index in [0.717, 1.165) is 5.69 Å². The Balaban J connectivity index is 1.64. The van der Waals surface area contributed by atoms with E-state index in [1.54, 1.807) is 18.2 Å². The Morgan fingerprint density at radius 3 is 2.56 bits per heavy atom. The summed E-state index contributed by atoms with van der Waals surface area (Å²) in [7, 11) is 2.08. The third-order valence-electron chi connectivity index (χ3n) is 5.05. The standard InChI is InChI=1S/C19H21FN4O/c1-23(14-5-3-2-4-6-14)15-8-10-18(19(25)12-15)24-21-16-9-7-13(20)11-17(16)22-24/h7-12,14,25H,2-6H2,1H3. The molecule has 4 rings (SSSR count). The number of aromatic hydroxyl groups is 1.